The molecule has 0 aromatic heterocycles. The lowest BCUT2D eigenvalue weighted by atomic mass is 9.86. The number of hydrogen-bond donors (Lipinski definition) is 1. The second-order valence-electron chi connectivity index (χ2n) is 6.71. The summed E-state index contributed by atoms with van der Waals surface area (Å²) in [5.74, 6) is 0.272. The lowest BCUT2D eigenvalue weighted by molar-refractivity contribution is -0.145. The van der Waals surface area contributed by atoms with E-state index >= 15 is 0 Å². The van der Waals surface area contributed by atoms with Crippen molar-refractivity contribution < 1.29 is 19.4 Å². The molecule has 0 aliphatic carbocycles. The van der Waals surface area contributed by atoms with Crippen molar-refractivity contribution >= 4 is 5.97 Å². The first-order chi connectivity index (χ1) is 11.3. The normalized spacial score (nSPS) is 12.5. The lowest BCUT2D eigenvalue weighted by Crippen LogP contribution is -2.30. The van der Waals surface area contributed by atoms with Crippen molar-refractivity contribution in [2.24, 2.45) is 0 Å². The average Bonchev–Trinajstić information content (AvgIpc) is 2.54. The van der Waals surface area contributed by atoms with Crippen molar-refractivity contribution in [1.82, 2.24) is 0 Å². The predicted octanol–water partition coefficient (Wildman–Crippen LogP) is 4.07. The van der Waals surface area contributed by atoms with Crippen molar-refractivity contribution in [3.63, 3.8) is 0 Å². The van der Waals surface area contributed by atoms with Gasteiger partial charge in [-0.3, -0.25) is 0 Å². The zero-order valence-corrected chi connectivity index (χ0v) is 14.6. The molecule has 0 saturated heterocycles. The van der Waals surface area contributed by atoms with Crippen molar-refractivity contribution in [3.05, 3.63) is 59.7 Å². The molecule has 2 aromatic carbocycles. The highest BCUT2D eigenvalue weighted by Crippen LogP contribution is 2.32. The van der Waals surface area contributed by atoms with Crippen LogP contribution in [0.2, 0.25) is 0 Å². The zero-order valence-electron chi connectivity index (χ0n) is 14.6. The largest absolute Gasteiger partial charge is 0.496 e. The molecular weight excluding hydrogens is 304 g/mol. The Kier molecular flexibility index (Phi) is 5.50. The summed E-state index contributed by atoms with van der Waals surface area (Å²) >= 11 is 0. The van der Waals surface area contributed by atoms with Crippen molar-refractivity contribution in [2.45, 2.75) is 38.7 Å². The van der Waals surface area contributed by atoms with Gasteiger partial charge in [0.05, 0.1) is 7.11 Å². The Hall–Kier alpha value is -2.49. The SMILES string of the molecule is COc1ccccc1C[C@@H](Oc1ccccc1C(C)(C)C)C(=O)O. The van der Waals surface area contributed by atoms with E-state index < -0.39 is 12.1 Å². The molecule has 2 aromatic rings. The van der Waals surface area contributed by atoms with E-state index in [9.17, 15) is 9.90 Å². The second kappa shape index (κ2) is 7.39. The maximum Gasteiger partial charge on any atom is 0.345 e. The third kappa shape index (κ3) is 4.28. The number of carboxylic acid groups (broad SMARTS) is 1. The molecule has 0 fully saturated rings. The maximum atomic E-state index is 11.7. The Morgan fingerprint density at radius 2 is 1.62 bits per heavy atom. The first-order valence-corrected chi connectivity index (χ1v) is 7.94. The van der Waals surface area contributed by atoms with Gasteiger partial charge in [0, 0.05) is 6.42 Å². The van der Waals surface area contributed by atoms with Crippen LogP contribution in [0.1, 0.15) is 31.9 Å². The molecule has 0 amide bonds. The summed E-state index contributed by atoms with van der Waals surface area (Å²) in [7, 11) is 1.57. The molecule has 4 heteroatoms. The predicted molar refractivity (Wildman–Crippen MR) is 93.9 cm³/mol. The highest BCUT2D eigenvalue weighted by molar-refractivity contribution is 5.73. The Balaban J connectivity index is 2.29. The molecule has 2 rings (SSSR count). The number of rotatable bonds is 6. The lowest BCUT2D eigenvalue weighted by Gasteiger charge is -2.25. The fourth-order valence-corrected chi connectivity index (χ4v) is 2.59. The molecule has 0 radical (unpaired) electrons. The number of para-hydroxylation sites is 2. The van der Waals surface area contributed by atoms with Gasteiger partial charge in [-0.05, 0) is 28.7 Å². The van der Waals surface area contributed by atoms with Crippen LogP contribution in [0.4, 0.5) is 0 Å². The Morgan fingerprint density at radius 1 is 1.04 bits per heavy atom. The number of methoxy groups -OCH3 is 1. The number of carboxylic acids is 1. The third-order valence-electron chi connectivity index (χ3n) is 3.84. The third-order valence-corrected chi connectivity index (χ3v) is 3.84. The molecule has 4 nitrogen and oxygen atoms in total. The first-order valence-electron chi connectivity index (χ1n) is 7.94. The van der Waals surface area contributed by atoms with Crippen LogP contribution >= 0.6 is 0 Å². The fourth-order valence-electron chi connectivity index (χ4n) is 2.59. The molecular formula is C20H24O4. The summed E-state index contributed by atoms with van der Waals surface area (Å²) in [6.07, 6.45) is -0.748. The van der Waals surface area contributed by atoms with Crippen LogP contribution in [-0.2, 0) is 16.6 Å². The van der Waals surface area contributed by atoms with E-state index in [0.717, 1.165) is 11.1 Å². The minimum Gasteiger partial charge on any atom is -0.496 e. The Morgan fingerprint density at radius 3 is 2.21 bits per heavy atom. The Labute approximate surface area is 143 Å². The van der Waals surface area contributed by atoms with E-state index in [0.29, 0.717) is 11.5 Å². The van der Waals surface area contributed by atoms with E-state index in [4.69, 9.17) is 9.47 Å². The van der Waals surface area contributed by atoms with Gasteiger partial charge in [-0.1, -0.05) is 57.2 Å². The molecule has 0 bridgehead atoms. The minimum atomic E-state index is -0.996. The fraction of sp³-hybridized carbons (Fsp3) is 0.350. The van der Waals surface area contributed by atoms with Gasteiger partial charge in [0.15, 0.2) is 6.10 Å². The highest BCUT2D eigenvalue weighted by Gasteiger charge is 2.25. The molecule has 128 valence electrons. The van der Waals surface area contributed by atoms with E-state index in [2.05, 4.69) is 20.8 Å². The number of benzene rings is 2. The molecule has 0 saturated carbocycles. The number of carbonyl (C=O) groups is 1. The first kappa shape index (κ1) is 17.9. The van der Waals surface area contributed by atoms with Gasteiger partial charge < -0.3 is 14.6 Å². The summed E-state index contributed by atoms with van der Waals surface area (Å²) in [6.45, 7) is 6.22. The van der Waals surface area contributed by atoms with Gasteiger partial charge in [0.1, 0.15) is 11.5 Å². The quantitative estimate of drug-likeness (QED) is 0.868. The molecule has 1 N–H and O–H groups in total. The Bertz CT molecular complexity index is 701. The zero-order chi connectivity index (χ0) is 17.7. The van der Waals surface area contributed by atoms with Gasteiger partial charge >= 0.3 is 5.97 Å². The number of hydrogen-bond acceptors (Lipinski definition) is 3. The second-order valence-corrected chi connectivity index (χ2v) is 6.71. The van der Waals surface area contributed by atoms with E-state index in [1.165, 1.54) is 0 Å². The number of ether oxygens (including phenoxy) is 2. The maximum absolute atomic E-state index is 11.7. The molecule has 0 heterocycles. The van der Waals surface area contributed by atoms with Gasteiger partial charge in [-0.15, -0.1) is 0 Å². The highest BCUT2D eigenvalue weighted by atomic mass is 16.5. The average molecular weight is 328 g/mol. The van der Waals surface area contributed by atoms with Crippen LogP contribution in [0.3, 0.4) is 0 Å². The topological polar surface area (TPSA) is 55.8 Å². The standard InChI is InChI=1S/C20H24O4/c1-20(2,3)15-10-6-8-12-17(15)24-18(19(21)22)13-14-9-5-7-11-16(14)23-4/h5-12,18H,13H2,1-4H3,(H,21,22)/t18-/m1/s1. The summed E-state index contributed by atoms with van der Waals surface area (Å²) in [5, 5.41) is 9.59. The molecule has 0 spiro atoms. The van der Waals surface area contributed by atoms with E-state index in [-0.39, 0.29) is 11.8 Å². The minimum absolute atomic E-state index is 0.135. The van der Waals surface area contributed by atoms with Crippen LogP contribution in [0.25, 0.3) is 0 Å². The molecule has 0 unspecified atom stereocenters. The van der Waals surface area contributed by atoms with Crippen LogP contribution in [-0.4, -0.2) is 24.3 Å². The van der Waals surface area contributed by atoms with Crippen LogP contribution < -0.4 is 9.47 Å². The van der Waals surface area contributed by atoms with Crippen molar-refractivity contribution in [2.75, 3.05) is 7.11 Å². The monoisotopic (exact) mass is 328 g/mol. The van der Waals surface area contributed by atoms with Crippen LogP contribution in [0, 0.1) is 0 Å². The molecule has 1 atom stereocenters. The number of aliphatic carboxylic acids is 1. The summed E-state index contributed by atoms with van der Waals surface area (Å²) in [4.78, 5) is 11.7. The van der Waals surface area contributed by atoms with E-state index in [1.54, 1.807) is 7.11 Å². The summed E-state index contributed by atoms with van der Waals surface area (Å²) in [5.41, 5.74) is 1.65. The van der Waals surface area contributed by atoms with E-state index in [1.807, 2.05) is 48.5 Å². The van der Waals surface area contributed by atoms with Crippen molar-refractivity contribution in [3.8, 4) is 11.5 Å². The van der Waals surface area contributed by atoms with Gasteiger partial charge in [-0.25, -0.2) is 4.79 Å². The molecule has 0 aliphatic rings. The van der Waals surface area contributed by atoms with Gasteiger partial charge in [0.2, 0.25) is 0 Å². The van der Waals surface area contributed by atoms with Gasteiger partial charge in [-0.2, -0.15) is 0 Å². The molecule has 0 aliphatic heterocycles. The van der Waals surface area contributed by atoms with Crippen molar-refractivity contribution in [1.29, 1.82) is 0 Å². The summed E-state index contributed by atoms with van der Waals surface area (Å²) in [6, 6.07) is 15.0. The van der Waals surface area contributed by atoms with Crippen LogP contribution in [0.5, 0.6) is 11.5 Å². The van der Waals surface area contributed by atoms with Crippen LogP contribution in [0.15, 0.2) is 48.5 Å². The summed E-state index contributed by atoms with van der Waals surface area (Å²) < 4.78 is 11.2. The molecule has 24 heavy (non-hydrogen) atoms. The smallest absolute Gasteiger partial charge is 0.345 e. The van der Waals surface area contributed by atoms with Gasteiger partial charge in [0.25, 0.3) is 0 Å².